The molecule has 6 nitrogen and oxygen atoms in total. The number of carbonyl (C=O) groups excluding carboxylic acids is 1. The van der Waals surface area contributed by atoms with Gasteiger partial charge in [0.2, 0.25) is 5.91 Å². The first kappa shape index (κ1) is 20.4. The number of thioether (sulfide) groups is 1. The lowest BCUT2D eigenvalue weighted by Gasteiger charge is -2.21. The van der Waals surface area contributed by atoms with Crippen molar-refractivity contribution in [2.75, 3.05) is 11.1 Å². The van der Waals surface area contributed by atoms with Gasteiger partial charge in [-0.1, -0.05) is 31.0 Å². The van der Waals surface area contributed by atoms with Crippen molar-refractivity contribution in [2.24, 2.45) is 0 Å². The molecule has 2 heterocycles. The highest BCUT2D eigenvalue weighted by Gasteiger charge is 2.24. The molecule has 1 fully saturated rings. The third-order valence-corrected chi connectivity index (χ3v) is 8.07. The predicted octanol–water partition coefficient (Wildman–Crippen LogP) is 4.89. The number of aryl methyl sites for hydroxylation is 1. The van der Waals surface area contributed by atoms with Crippen molar-refractivity contribution in [2.45, 2.75) is 82.3 Å². The van der Waals surface area contributed by atoms with E-state index in [9.17, 15) is 10.1 Å². The molecule has 0 saturated heterocycles. The number of nitrogens with one attached hydrogen (secondary N) is 1. The third-order valence-electron chi connectivity index (χ3n) is 5.90. The summed E-state index contributed by atoms with van der Waals surface area (Å²) in [6, 6.07) is 2.30. The number of thiophene rings is 1. The third kappa shape index (κ3) is 4.36. The van der Waals surface area contributed by atoms with Gasteiger partial charge in [-0.25, -0.2) is 0 Å². The van der Waals surface area contributed by atoms with E-state index in [4.69, 9.17) is 0 Å². The number of aromatic nitrogens is 3. The summed E-state index contributed by atoms with van der Waals surface area (Å²) in [6.07, 6.45) is 10.5. The van der Waals surface area contributed by atoms with Crippen LogP contribution in [0.4, 0.5) is 5.00 Å². The summed E-state index contributed by atoms with van der Waals surface area (Å²) >= 11 is 3.00. The van der Waals surface area contributed by atoms with Crippen molar-refractivity contribution in [1.82, 2.24) is 14.8 Å². The maximum absolute atomic E-state index is 12.6. The van der Waals surface area contributed by atoms with Gasteiger partial charge in [-0.2, -0.15) is 5.26 Å². The first-order valence-electron chi connectivity index (χ1n) is 10.6. The highest BCUT2D eigenvalue weighted by Crippen LogP contribution is 2.38. The van der Waals surface area contributed by atoms with E-state index in [2.05, 4.69) is 33.1 Å². The van der Waals surface area contributed by atoms with Crippen molar-refractivity contribution in [1.29, 1.82) is 5.26 Å². The van der Waals surface area contributed by atoms with Crippen LogP contribution in [0.2, 0.25) is 0 Å². The molecule has 1 amide bonds. The van der Waals surface area contributed by atoms with Gasteiger partial charge in [-0.05, 0) is 51.0 Å². The summed E-state index contributed by atoms with van der Waals surface area (Å²) in [4.78, 5) is 13.8. The van der Waals surface area contributed by atoms with Crippen LogP contribution < -0.4 is 5.32 Å². The highest BCUT2D eigenvalue weighted by molar-refractivity contribution is 7.99. The Labute approximate surface area is 180 Å². The van der Waals surface area contributed by atoms with Crippen LogP contribution in [-0.2, 0) is 24.2 Å². The van der Waals surface area contributed by atoms with Crippen LogP contribution in [-0.4, -0.2) is 26.4 Å². The molecule has 0 bridgehead atoms. The predicted molar refractivity (Wildman–Crippen MR) is 117 cm³/mol. The Morgan fingerprint density at radius 3 is 2.79 bits per heavy atom. The lowest BCUT2D eigenvalue weighted by molar-refractivity contribution is -0.113. The second kappa shape index (κ2) is 9.31. The molecule has 1 saturated carbocycles. The number of carbonyl (C=O) groups is 1. The average molecular weight is 430 g/mol. The van der Waals surface area contributed by atoms with E-state index in [0.717, 1.165) is 48.8 Å². The molecule has 0 radical (unpaired) electrons. The fraction of sp³-hybridized carbons (Fsp3) is 0.619. The number of nitrogens with zero attached hydrogens (tertiary/aromatic N) is 4. The summed E-state index contributed by atoms with van der Waals surface area (Å²) in [5.41, 5.74) is 1.81. The largest absolute Gasteiger partial charge is 0.316 e. The first-order chi connectivity index (χ1) is 14.2. The van der Waals surface area contributed by atoms with Gasteiger partial charge in [0.1, 0.15) is 16.9 Å². The SMILES string of the molecule is CCn1c(SCC(=O)Nc2sc3c(c2C#N)CCCC3)nnc1C1CCCCC1. The van der Waals surface area contributed by atoms with E-state index < -0.39 is 0 Å². The number of fused-ring (bicyclic) bond motifs is 1. The number of rotatable bonds is 6. The van der Waals surface area contributed by atoms with Crippen LogP contribution >= 0.6 is 23.1 Å². The Morgan fingerprint density at radius 1 is 1.24 bits per heavy atom. The molecule has 4 rings (SSSR count). The van der Waals surface area contributed by atoms with E-state index in [0.29, 0.717) is 16.5 Å². The lowest BCUT2D eigenvalue weighted by atomic mass is 9.89. The van der Waals surface area contributed by atoms with Crippen LogP contribution in [0.15, 0.2) is 5.16 Å². The molecule has 154 valence electrons. The molecule has 0 atom stereocenters. The number of amides is 1. The van der Waals surface area contributed by atoms with Crippen LogP contribution in [0, 0.1) is 11.3 Å². The fourth-order valence-electron chi connectivity index (χ4n) is 4.43. The molecule has 0 aromatic carbocycles. The summed E-state index contributed by atoms with van der Waals surface area (Å²) in [5, 5.41) is 22.9. The molecule has 1 N–H and O–H groups in total. The number of hydrogen-bond acceptors (Lipinski definition) is 6. The Morgan fingerprint density at radius 2 is 2.03 bits per heavy atom. The maximum Gasteiger partial charge on any atom is 0.235 e. The molecule has 0 aliphatic heterocycles. The fourth-order valence-corrected chi connectivity index (χ4v) is 6.50. The first-order valence-corrected chi connectivity index (χ1v) is 12.4. The van der Waals surface area contributed by atoms with Crippen molar-refractivity contribution in [3.8, 4) is 6.07 Å². The second-order valence-corrected chi connectivity index (χ2v) is 9.83. The monoisotopic (exact) mass is 429 g/mol. The van der Waals surface area contributed by atoms with Gasteiger partial charge in [0.25, 0.3) is 0 Å². The van der Waals surface area contributed by atoms with Crippen molar-refractivity contribution in [3.63, 3.8) is 0 Å². The van der Waals surface area contributed by atoms with E-state index >= 15 is 0 Å². The average Bonchev–Trinajstić information content (AvgIpc) is 3.33. The summed E-state index contributed by atoms with van der Waals surface area (Å²) in [5.74, 6) is 1.76. The molecular formula is C21H27N5OS2. The lowest BCUT2D eigenvalue weighted by Crippen LogP contribution is -2.15. The Hall–Kier alpha value is -1.85. The van der Waals surface area contributed by atoms with Crippen LogP contribution in [0.25, 0.3) is 0 Å². The minimum Gasteiger partial charge on any atom is -0.316 e. The number of anilines is 1. The van der Waals surface area contributed by atoms with Gasteiger partial charge in [-0.15, -0.1) is 21.5 Å². The van der Waals surface area contributed by atoms with E-state index in [1.165, 1.54) is 48.7 Å². The van der Waals surface area contributed by atoms with Crippen LogP contribution in [0.1, 0.15) is 79.6 Å². The van der Waals surface area contributed by atoms with Gasteiger partial charge in [0.15, 0.2) is 5.16 Å². The number of nitriles is 1. The standard InChI is InChI=1S/C21H27N5OS2/c1-2-26-19(14-8-4-3-5-9-14)24-25-21(26)28-13-18(27)23-20-16(12-22)15-10-6-7-11-17(15)29-20/h14H,2-11,13H2,1H3,(H,23,27). The van der Waals surface area contributed by atoms with E-state index in [1.807, 2.05) is 0 Å². The zero-order valence-electron chi connectivity index (χ0n) is 16.9. The normalized spacial score (nSPS) is 17.0. The van der Waals surface area contributed by atoms with Crippen molar-refractivity contribution < 1.29 is 4.79 Å². The Balaban J connectivity index is 1.41. The van der Waals surface area contributed by atoms with E-state index in [1.54, 1.807) is 11.3 Å². The quantitative estimate of drug-likeness (QED) is 0.661. The van der Waals surface area contributed by atoms with Gasteiger partial charge in [0, 0.05) is 17.3 Å². The second-order valence-electron chi connectivity index (χ2n) is 7.78. The zero-order valence-corrected chi connectivity index (χ0v) is 18.5. The van der Waals surface area contributed by atoms with Gasteiger partial charge < -0.3 is 9.88 Å². The van der Waals surface area contributed by atoms with Gasteiger partial charge in [-0.3, -0.25) is 4.79 Å². The van der Waals surface area contributed by atoms with Crippen LogP contribution in [0.5, 0.6) is 0 Å². The van der Waals surface area contributed by atoms with Crippen molar-refractivity contribution >= 4 is 34.0 Å². The zero-order chi connectivity index (χ0) is 20.2. The molecule has 2 aromatic heterocycles. The summed E-state index contributed by atoms with van der Waals surface area (Å²) in [7, 11) is 0. The summed E-state index contributed by atoms with van der Waals surface area (Å²) in [6.45, 7) is 2.92. The molecule has 0 spiro atoms. The Bertz CT molecular complexity index is 920. The smallest absolute Gasteiger partial charge is 0.235 e. The molecule has 0 unspecified atom stereocenters. The Kier molecular flexibility index (Phi) is 6.56. The minimum absolute atomic E-state index is 0.0880. The van der Waals surface area contributed by atoms with Crippen LogP contribution in [0.3, 0.4) is 0 Å². The highest BCUT2D eigenvalue weighted by atomic mass is 32.2. The van der Waals surface area contributed by atoms with Gasteiger partial charge >= 0.3 is 0 Å². The summed E-state index contributed by atoms with van der Waals surface area (Å²) < 4.78 is 2.17. The number of hydrogen-bond donors (Lipinski definition) is 1. The molecule has 29 heavy (non-hydrogen) atoms. The van der Waals surface area contributed by atoms with E-state index in [-0.39, 0.29) is 11.7 Å². The topological polar surface area (TPSA) is 83.6 Å². The minimum atomic E-state index is -0.0880. The molecule has 2 aliphatic rings. The molecule has 8 heteroatoms. The molecule has 2 aliphatic carbocycles. The molecule has 2 aromatic rings. The van der Waals surface area contributed by atoms with Gasteiger partial charge in [0.05, 0.1) is 11.3 Å². The molecular weight excluding hydrogens is 402 g/mol. The van der Waals surface area contributed by atoms with Crippen molar-refractivity contribution in [3.05, 3.63) is 21.8 Å². The maximum atomic E-state index is 12.6.